The standard InChI is InChI=1S/C15H31NO3/c1-4-16-15(12-17)8-5-6-14(15)7-9-18-10-11-19-13(2)3/h13-14,16-17H,4-12H2,1-3H3. The van der Waals surface area contributed by atoms with E-state index in [0.29, 0.717) is 19.1 Å². The number of aliphatic hydroxyl groups is 1. The molecule has 114 valence electrons. The van der Waals surface area contributed by atoms with Crippen molar-refractivity contribution in [1.29, 1.82) is 0 Å². The van der Waals surface area contributed by atoms with E-state index in [1.165, 1.54) is 12.8 Å². The van der Waals surface area contributed by atoms with Crippen LogP contribution in [0.2, 0.25) is 0 Å². The fourth-order valence-electron chi connectivity index (χ4n) is 3.08. The Labute approximate surface area is 117 Å². The van der Waals surface area contributed by atoms with E-state index in [-0.39, 0.29) is 18.2 Å². The molecule has 2 unspecified atom stereocenters. The monoisotopic (exact) mass is 273 g/mol. The summed E-state index contributed by atoms with van der Waals surface area (Å²) in [7, 11) is 0. The number of nitrogens with one attached hydrogen (secondary N) is 1. The van der Waals surface area contributed by atoms with E-state index in [0.717, 1.165) is 26.0 Å². The fourth-order valence-corrected chi connectivity index (χ4v) is 3.08. The van der Waals surface area contributed by atoms with Gasteiger partial charge in [-0.25, -0.2) is 0 Å². The first-order valence-corrected chi connectivity index (χ1v) is 7.70. The molecule has 2 atom stereocenters. The summed E-state index contributed by atoms with van der Waals surface area (Å²) in [5.74, 6) is 0.531. The highest BCUT2D eigenvalue weighted by molar-refractivity contribution is 4.98. The molecule has 1 saturated carbocycles. The number of likely N-dealkylation sites (N-methyl/N-ethyl adjacent to an activating group) is 1. The summed E-state index contributed by atoms with van der Waals surface area (Å²) in [5.41, 5.74) is -0.0630. The average Bonchev–Trinajstić information content (AvgIpc) is 2.77. The Morgan fingerprint density at radius 3 is 2.74 bits per heavy atom. The Hall–Kier alpha value is -0.160. The molecule has 0 aromatic carbocycles. The van der Waals surface area contributed by atoms with E-state index in [2.05, 4.69) is 12.2 Å². The predicted octanol–water partition coefficient (Wildman–Crippen LogP) is 1.96. The van der Waals surface area contributed by atoms with E-state index in [9.17, 15) is 5.11 Å². The van der Waals surface area contributed by atoms with Gasteiger partial charge in [0.15, 0.2) is 0 Å². The van der Waals surface area contributed by atoms with Gasteiger partial charge in [-0.05, 0) is 45.6 Å². The zero-order chi connectivity index (χ0) is 14.1. The Morgan fingerprint density at radius 2 is 2.11 bits per heavy atom. The van der Waals surface area contributed by atoms with E-state index in [1.54, 1.807) is 0 Å². The van der Waals surface area contributed by atoms with Crippen LogP contribution < -0.4 is 5.32 Å². The quantitative estimate of drug-likeness (QED) is 0.597. The van der Waals surface area contributed by atoms with Crippen LogP contribution in [0.25, 0.3) is 0 Å². The van der Waals surface area contributed by atoms with Gasteiger partial charge in [0.2, 0.25) is 0 Å². The van der Waals surface area contributed by atoms with Crippen LogP contribution in [0.1, 0.15) is 46.5 Å². The summed E-state index contributed by atoms with van der Waals surface area (Å²) in [5, 5.41) is 13.2. The van der Waals surface area contributed by atoms with Crippen LogP contribution in [0.15, 0.2) is 0 Å². The summed E-state index contributed by atoms with van der Waals surface area (Å²) in [4.78, 5) is 0. The van der Waals surface area contributed by atoms with Crippen LogP contribution in [-0.4, -0.2) is 49.7 Å². The number of aliphatic hydroxyl groups excluding tert-OH is 1. The zero-order valence-electron chi connectivity index (χ0n) is 12.8. The van der Waals surface area contributed by atoms with Crippen LogP contribution in [0.3, 0.4) is 0 Å². The fraction of sp³-hybridized carbons (Fsp3) is 1.00. The molecule has 4 nitrogen and oxygen atoms in total. The molecule has 0 bridgehead atoms. The lowest BCUT2D eigenvalue weighted by Gasteiger charge is -2.34. The molecule has 0 amide bonds. The van der Waals surface area contributed by atoms with Gasteiger partial charge in [0.1, 0.15) is 0 Å². The summed E-state index contributed by atoms with van der Waals surface area (Å²) < 4.78 is 11.1. The highest BCUT2D eigenvalue weighted by Gasteiger charge is 2.41. The van der Waals surface area contributed by atoms with Gasteiger partial charge in [-0.1, -0.05) is 13.3 Å². The van der Waals surface area contributed by atoms with Crippen LogP contribution in [0, 0.1) is 5.92 Å². The number of hydrogen-bond donors (Lipinski definition) is 2. The minimum absolute atomic E-state index is 0.0630. The third-order valence-electron chi connectivity index (χ3n) is 4.06. The molecule has 0 spiro atoms. The first-order valence-electron chi connectivity index (χ1n) is 7.70. The number of rotatable bonds is 10. The average molecular weight is 273 g/mol. The smallest absolute Gasteiger partial charge is 0.0703 e. The molecule has 0 aliphatic heterocycles. The molecule has 1 fully saturated rings. The second kappa shape index (κ2) is 8.90. The van der Waals surface area contributed by atoms with Crippen molar-refractivity contribution in [3.8, 4) is 0 Å². The topological polar surface area (TPSA) is 50.7 Å². The SMILES string of the molecule is CCNC1(CO)CCCC1CCOCCOC(C)C. The van der Waals surface area contributed by atoms with E-state index in [4.69, 9.17) is 9.47 Å². The van der Waals surface area contributed by atoms with Crippen molar-refractivity contribution in [1.82, 2.24) is 5.32 Å². The van der Waals surface area contributed by atoms with E-state index in [1.807, 2.05) is 13.8 Å². The largest absolute Gasteiger partial charge is 0.394 e. The predicted molar refractivity (Wildman–Crippen MR) is 77.4 cm³/mol. The normalized spacial score (nSPS) is 27.3. The lowest BCUT2D eigenvalue weighted by Crippen LogP contribution is -2.51. The molecule has 4 heteroatoms. The van der Waals surface area contributed by atoms with Crippen molar-refractivity contribution in [3.63, 3.8) is 0 Å². The van der Waals surface area contributed by atoms with Gasteiger partial charge in [-0.3, -0.25) is 0 Å². The Kier molecular flexibility index (Phi) is 7.91. The van der Waals surface area contributed by atoms with E-state index < -0.39 is 0 Å². The molecular weight excluding hydrogens is 242 g/mol. The molecule has 19 heavy (non-hydrogen) atoms. The van der Waals surface area contributed by atoms with Crippen LogP contribution in [0.5, 0.6) is 0 Å². The minimum Gasteiger partial charge on any atom is -0.394 e. The highest BCUT2D eigenvalue weighted by atomic mass is 16.5. The highest BCUT2D eigenvalue weighted by Crippen LogP contribution is 2.37. The minimum atomic E-state index is -0.0630. The maximum absolute atomic E-state index is 9.70. The lowest BCUT2D eigenvalue weighted by molar-refractivity contribution is 0.0119. The third-order valence-corrected chi connectivity index (χ3v) is 4.06. The first-order chi connectivity index (χ1) is 9.14. The Bertz CT molecular complexity index is 235. The van der Waals surface area contributed by atoms with E-state index >= 15 is 0 Å². The van der Waals surface area contributed by atoms with Gasteiger partial charge in [0.05, 0.1) is 25.9 Å². The molecule has 0 aromatic rings. The summed E-state index contributed by atoms with van der Waals surface area (Å²) in [6.07, 6.45) is 4.77. The van der Waals surface area contributed by atoms with Crippen LogP contribution in [0.4, 0.5) is 0 Å². The molecule has 2 N–H and O–H groups in total. The molecule has 0 heterocycles. The third kappa shape index (κ3) is 5.38. The van der Waals surface area contributed by atoms with Crippen LogP contribution >= 0.6 is 0 Å². The Morgan fingerprint density at radius 1 is 1.32 bits per heavy atom. The van der Waals surface area contributed by atoms with Gasteiger partial charge < -0.3 is 19.9 Å². The molecule has 0 radical (unpaired) electrons. The molecular formula is C15H31NO3. The first kappa shape index (κ1) is 16.9. The zero-order valence-corrected chi connectivity index (χ0v) is 12.8. The molecule has 1 aliphatic rings. The van der Waals surface area contributed by atoms with Gasteiger partial charge in [-0.2, -0.15) is 0 Å². The van der Waals surface area contributed by atoms with Crippen molar-refractivity contribution in [2.75, 3.05) is 33.0 Å². The molecule has 1 rings (SSSR count). The van der Waals surface area contributed by atoms with Gasteiger partial charge in [0, 0.05) is 12.1 Å². The summed E-state index contributed by atoms with van der Waals surface area (Å²) in [6, 6.07) is 0. The lowest BCUT2D eigenvalue weighted by atomic mass is 9.85. The second-order valence-electron chi connectivity index (χ2n) is 5.75. The van der Waals surface area contributed by atoms with Crippen molar-refractivity contribution >= 4 is 0 Å². The van der Waals surface area contributed by atoms with Gasteiger partial charge in [-0.15, -0.1) is 0 Å². The molecule has 1 aliphatic carbocycles. The van der Waals surface area contributed by atoms with Gasteiger partial charge >= 0.3 is 0 Å². The molecule has 0 aromatic heterocycles. The maximum atomic E-state index is 9.70. The van der Waals surface area contributed by atoms with Crippen molar-refractivity contribution in [2.24, 2.45) is 5.92 Å². The van der Waals surface area contributed by atoms with Crippen molar-refractivity contribution in [3.05, 3.63) is 0 Å². The maximum Gasteiger partial charge on any atom is 0.0703 e. The number of hydrogen-bond acceptors (Lipinski definition) is 4. The number of ether oxygens (including phenoxy) is 2. The summed E-state index contributed by atoms with van der Waals surface area (Å²) in [6.45, 7) is 9.42. The van der Waals surface area contributed by atoms with Crippen molar-refractivity contribution < 1.29 is 14.6 Å². The van der Waals surface area contributed by atoms with Gasteiger partial charge in [0.25, 0.3) is 0 Å². The summed E-state index contributed by atoms with van der Waals surface area (Å²) >= 11 is 0. The van der Waals surface area contributed by atoms with Crippen LogP contribution in [-0.2, 0) is 9.47 Å². The Balaban J connectivity index is 2.20. The second-order valence-corrected chi connectivity index (χ2v) is 5.75. The molecule has 0 saturated heterocycles. The van der Waals surface area contributed by atoms with Crippen molar-refractivity contribution in [2.45, 2.75) is 58.1 Å².